The van der Waals surface area contributed by atoms with E-state index in [1.54, 1.807) is 40.5 Å². The van der Waals surface area contributed by atoms with E-state index in [9.17, 15) is 13.2 Å². The highest BCUT2D eigenvalue weighted by Gasteiger charge is 2.30. The van der Waals surface area contributed by atoms with Crippen LogP contribution in [0.15, 0.2) is 51.1 Å². The van der Waals surface area contributed by atoms with Gasteiger partial charge in [0.25, 0.3) is 0 Å². The third-order valence-corrected chi connectivity index (χ3v) is 7.20. The van der Waals surface area contributed by atoms with Crippen LogP contribution in [0.1, 0.15) is 4.88 Å². The molecule has 0 N–H and O–H groups in total. The van der Waals surface area contributed by atoms with Crippen molar-refractivity contribution in [2.24, 2.45) is 0 Å². The minimum Gasteiger partial charge on any atom is -0.340 e. The van der Waals surface area contributed by atoms with Crippen molar-refractivity contribution in [1.82, 2.24) is 9.21 Å². The molecule has 3 rings (SSSR count). The van der Waals surface area contributed by atoms with Crippen molar-refractivity contribution in [3.63, 3.8) is 0 Å². The topological polar surface area (TPSA) is 57.7 Å². The SMILES string of the molecule is O=C(Cc1cccs1)N1CCN(S(=O)(=O)c2cccc(Br)c2)CC1. The molecule has 1 aromatic heterocycles. The fraction of sp³-hybridized carbons (Fsp3) is 0.312. The van der Waals surface area contributed by atoms with Crippen molar-refractivity contribution >= 4 is 43.2 Å². The molecule has 1 fully saturated rings. The zero-order chi connectivity index (χ0) is 17.2. The summed E-state index contributed by atoms with van der Waals surface area (Å²) in [5, 5.41) is 1.95. The first-order valence-electron chi connectivity index (χ1n) is 7.53. The van der Waals surface area contributed by atoms with E-state index in [0.29, 0.717) is 32.6 Å². The number of halogens is 1. The van der Waals surface area contributed by atoms with E-state index in [1.165, 1.54) is 4.31 Å². The van der Waals surface area contributed by atoms with Crippen molar-refractivity contribution in [2.45, 2.75) is 11.3 Å². The molecule has 0 spiro atoms. The maximum absolute atomic E-state index is 12.7. The summed E-state index contributed by atoms with van der Waals surface area (Å²) in [5.74, 6) is 0.0527. The predicted molar refractivity (Wildman–Crippen MR) is 97.5 cm³/mol. The van der Waals surface area contributed by atoms with Crippen LogP contribution in [-0.4, -0.2) is 49.7 Å². The summed E-state index contributed by atoms with van der Waals surface area (Å²) in [6.07, 6.45) is 0.385. The molecule has 128 valence electrons. The van der Waals surface area contributed by atoms with E-state index < -0.39 is 10.0 Å². The Morgan fingerprint density at radius 2 is 1.88 bits per heavy atom. The number of amides is 1. The molecule has 24 heavy (non-hydrogen) atoms. The van der Waals surface area contributed by atoms with Gasteiger partial charge in [0.15, 0.2) is 0 Å². The van der Waals surface area contributed by atoms with Gasteiger partial charge in [0.1, 0.15) is 0 Å². The van der Waals surface area contributed by atoms with Crippen molar-refractivity contribution in [2.75, 3.05) is 26.2 Å². The molecule has 0 aliphatic carbocycles. The number of piperazine rings is 1. The summed E-state index contributed by atoms with van der Waals surface area (Å²) in [7, 11) is -3.52. The Bertz CT molecular complexity index is 814. The van der Waals surface area contributed by atoms with Gasteiger partial charge in [0.2, 0.25) is 15.9 Å². The van der Waals surface area contributed by atoms with E-state index >= 15 is 0 Å². The zero-order valence-corrected chi connectivity index (χ0v) is 16.1. The van der Waals surface area contributed by atoms with Crippen molar-refractivity contribution in [1.29, 1.82) is 0 Å². The summed E-state index contributed by atoms with van der Waals surface area (Å²) in [6.45, 7) is 1.50. The van der Waals surface area contributed by atoms with E-state index in [-0.39, 0.29) is 10.8 Å². The molecule has 1 amide bonds. The zero-order valence-electron chi connectivity index (χ0n) is 12.9. The second kappa shape index (κ2) is 7.35. The van der Waals surface area contributed by atoms with Crippen molar-refractivity contribution in [3.05, 3.63) is 51.1 Å². The van der Waals surface area contributed by atoms with E-state index in [1.807, 2.05) is 17.5 Å². The lowest BCUT2D eigenvalue weighted by molar-refractivity contribution is -0.131. The number of hydrogen-bond donors (Lipinski definition) is 0. The minimum atomic E-state index is -3.52. The van der Waals surface area contributed by atoms with Gasteiger partial charge in [-0.3, -0.25) is 4.79 Å². The number of benzene rings is 1. The molecule has 1 aliphatic heterocycles. The molecule has 0 unspecified atom stereocenters. The lowest BCUT2D eigenvalue weighted by Crippen LogP contribution is -2.50. The van der Waals surface area contributed by atoms with Gasteiger partial charge in [-0.2, -0.15) is 4.31 Å². The normalized spacial score (nSPS) is 16.3. The van der Waals surface area contributed by atoms with Gasteiger partial charge >= 0.3 is 0 Å². The van der Waals surface area contributed by atoms with Crippen LogP contribution in [0.4, 0.5) is 0 Å². The molecule has 1 aromatic carbocycles. The molecular formula is C16H17BrN2O3S2. The Morgan fingerprint density at radius 1 is 1.12 bits per heavy atom. The average molecular weight is 429 g/mol. The Balaban J connectivity index is 1.63. The number of rotatable bonds is 4. The van der Waals surface area contributed by atoms with Crippen LogP contribution in [0.5, 0.6) is 0 Å². The first-order chi connectivity index (χ1) is 11.5. The second-order valence-electron chi connectivity index (χ2n) is 5.50. The second-order valence-corrected chi connectivity index (χ2v) is 9.38. The van der Waals surface area contributed by atoms with E-state index in [4.69, 9.17) is 0 Å². The largest absolute Gasteiger partial charge is 0.340 e. The Hall–Kier alpha value is -1.22. The molecule has 0 bridgehead atoms. The van der Waals surface area contributed by atoms with E-state index in [0.717, 1.165) is 9.35 Å². The average Bonchev–Trinajstić information content (AvgIpc) is 3.08. The molecule has 1 aliphatic rings. The molecule has 2 heterocycles. The summed E-state index contributed by atoms with van der Waals surface area (Å²) >= 11 is 4.86. The Morgan fingerprint density at radius 3 is 2.50 bits per heavy atom. The summed E-state index contributed by atoms with van der Waals surface area (Å²) in [5.41, 5.74) is 0. The Kier molecular flexibility index (Phi) is 5.39. The van der Waals surface area contributed by atoms with Crippen LogP contribution >= 0.6 is 27.3 Å². The van der Waals surface area contributed by atoms with Gasteiger partial charge in [-0.1, -0.05) is 28.1 Å². The van der Waals surface area contributed by atoms with Crippen LogP contribution in [0.25, 0.3) is 0 Å². The lowest BCUT2D eigenvalue weighted by Gasteiger charge is -2.34. The van der Waals surface area contributed by atoms with Gasteiger partial charge in [-0.15, -0.1) is 11.3 Å². The number of nitrogens with zero attached hydrogens (tertiary/aromatic N) is 2. The molecule has 1 saturated heterocycles. The molecule has 0 saturated carbocycles. The van der Waals surface area contributed by atoms with Gasteiger partial charge < -0.3 is 4.90 Å². The van der Waals surface area contributed by atoms with E-state index in [2.05, 4.69) is 15.9 Å². The highest BCUT2D eigenvalue weighted by Crippen LogP contribution is 2.21. The highest BCUT2D eigenvalue weighted by molar-refractivity contribution is 9.10. The molecule has 2 aromatic rings. The number of thiophene rings is 1. The smallest absolute Gasteiger partial charge is 0.243 e. The van der Waals surface area contributed by atoms with Crippen molar-refractivity contribution in [3.8, 4) is 0 Å². The quantitative estimate of drug-likeness (QED) is 0.751. The molecule has 8 heteroatoms. The van der Waals surface area contributed by atoms with Crippen LogP contribution in [0.2, 0.25) is 0 Å². The van der Waals surface area contributed by atoms with Gasteiger partial charge in [0, 0.05) is 35.5 Å². The number of carbonyl (C=O) groups excluding carboxylic acids is 1. The fourth-order valence-corrected chi connectivity index (χ4v) is 5.34. The monoisotopic (exact) mass is 428 g/mol. The lowest BCUT2D eigenvalue weighted by atomic mass is 10.3. The first-order valence-corrected chi connectivity index (χ1v) is 10.6. The third-order valence-electron chi connectivity index (χ3n) is 3.93. The highest BCUT2D eigenvalue weighted by atomic mass is 79.9. The van der Waals surface area contributed by atoms with Crippen LogP contribution in [0, 0.1) is 0 Å². The molecule has 0 atom stereocenters. The number of carbonyl (C=O) groups is 1. The minimum absolute atomic E-state index is 0.0527. The summed E-state index contributed by atoms with van der Waals surface area (Å²) < 4.78 is 27.5. The maximum atomic E-state index is 12.7. The maximum Gasteiger partial charge on any atom is 0.243 e. The summed E-state index contributed by atoms with van der Waals surface area (Å²) in [4.78, 5) is 15.3. The molecule has 5 nitrogen and oxygen atoms in total. The summed E-state index contributed by atoms with van der Waals surface area (Å²) in [6, 6.07) is 10.6. The van der Waals surface area contributed by atoms with Gasteiger partial charge in [-0.05, 0) is 29.6 Å². The van der Waals surface area contributed by atoms with Crippen molar-refractivity contribution < 1.29 is 13.2 Å². The predicted octanol–water partition coefficient (Wildman–Crippen LogP) is 2.59. The fourth-order valence-electron chi connectivity index (χ4n) is 2.63. The van der Waals surface area contributed by atoms with Gasteiger partial charge in [-0.25, -0.2) is 8.42 Å². The van der Waals surface area contributed by atoms with Crippen LogP contribution in [-0.2, 0) is 21.2 Å². The Labute approximate surface area is 154 Å². The van der Waals surface area contributed by atoms with Crippen LogP contribution in [0.3, 0.4) is 0 Å². The first kappa shape index (κ1) is 17.6. The standard InChI is InChI=1S/C16H17BrN2O3S2/c17-13-3-1-5-15(11-13)24(21,22)19-8-6-18(7-9-19)16(20)12-14-4-2-10-23-14/h1-5,10-11H,6-9,12H2. The van der Waals surface area contributed by atoms with Gasteiger partial charge in [0.05, 0.1) is 11.3 Å². The number of hydrogen-bond acceptors (Lipinski definition) is 4. The third kappa shape index (κ3) is 3.88. The molecular weight excluding hydrogens is 412 g/mol. The molecule has 0 radical (unpaired) electrons. The van der Waals surface area contributed by atoms with Crippen LogP contribution < -0.4 is 0 Å². The number of sulfonamides is 1.